The van der Waals surface area contributed by atoms with Crippen LogP contribution in [-0.4, -0.2) is 102 Å². The Morgan fingerprint density at radius 2 is 2.15 bits per heavy atom. The molecule has 1 saturated heterocycles. The van der Waals surface area contributed by atoms with Crippen molar-refractivity contribution >= 4 is 80.1 Å². The van der Waals surface area contributed by atoms with E-state index >= 15 is 0 Å². The molecular weight excluding hydrogens is 415 g/mol. The zero-order chi connectivity index (χ0) is 19.5. The maximum absolute atomic E-state index is 12.4. The van der Waals surface area contributed by atoms with Crippen molar-refractivity contribution in [3.8, 4) is 0 Å². The number of hydrogen-bond donors (Lipinski definition) is 3. The van der Waals surface area contributed by atoms with Gasteiger partial charge in [0.1, 0.15) is 32.0 Å². The number of oxime groups is 2. The Balaban J connectivity index is 0.00000364. The van der Waals surface area contributed by atoms with Crippen molar-refractivity contribution < 1.29 is 32.2 Å². The van der Waals surface area contributed by atoms with Crippen LogP contribution in [0.4, 0.5) is 5.13 Å². The molecule has 0 spiro atoms. The fraction of sp³-hybridized carbons (Fsp3) is 0.364. The average Bonchev–Trinajstić information content (AvgIpc) is 2.98. The molecule has 0 unspecified atom stereocenters. The summed E-state index contributed by atoms with van der Waals surface area (Å²) < 4.78 is 31.8. The van der Waals surface area contributed by atoms with Crippen LogP contribution in [0, 0.1) is 0 Å². The van der Waals surface area contributed by atoms with Crippen LogP contribution >= 0.6 is 11.3 Å². The van der Waals surface area contributed by atoms with Gasteiger partial charge in [0.2, 0.25) is 0 Å². The number of nitrogens with zero attached hydrogens (tertiary/aromatic N) is 4. The zero-order valence-corrected chi connectivity index (χ0v) is 15.0. The summed E-state index contributed by atoms with van der Waals surface area (Å²) in [5.41, 5.74) is 5.34. The standard InChI is InChI=1S/C11H14N6O7S2.Na.H/c1-23-13-3-6-8(10(19)17(6)26(20,21)22)15-9(18)7(16-24-2)5-4-25-11(12)14-5;;/h3-4,6,8H,1-2H3,(H2,12,14)(H,15,18)(H,20,21,22);;/t6-,8+;;/m1../s1. The van der Waals surface area contributed by atoms with Crippen molar-refractivity contribution in [2.75, 3.05) is 20.0 Å². The molecule has 2 heterocycles. The first-order chi connectivity index (χ1) is 12.2. The Hall–Kier alpha value is -1.78. The second kappa shape index (κ2) is 9.43. The molecular formula is C11H15N6NaO7S2. The van der Waals surface area contributed by atoms with Crippen molar-refractivity contribution in [2.24, 2.45) is 10.3 Å². The number of carbonyl (C=O) groups excluding carboxylic acids is 2. The van der Waals surface area contributed by atoms with Crippen LogP contribution in [0.1, 0.15) is 5.69 Å². The van der Waals surface area contributed by atoms with Gasteiger partial charge in [0, 0.05) is 5.38 Å². The number of rotatable bonds is 7. The van der Waals surface area contributed by atoms with Gasteiger partial charge in [-0.3, -0.25) is 14.1 Å². The molecule has 4 N–H and O–H groups in total. The Kier molecular flexibility index (Phi) is 8.12. The maximum atomic E-state index is 12.4. The van der Waals surface area contributed by atoms with Gasteiger partial charge in [0.05, 0.1) is 6.21 Å². The summed E-state index contributed by atoms with van der Waals surface area (Å²) >= 11 is 1.06. The Morgan fingerprint density at radius 3 is 2.63 bits per heavy atom. The first-order valence-corrected chi connectivity index (χ1v) is 8.99. The van der Waals surface area contributed by atoms with E-state index in [4.69, 9.17) is 10.3 Å². The van der Waals surface area contributed by atoms with Crippen LogP contribution in [0.25, 0.3) is 0 Å². The van der Waals surface area contributed by atoms with Crippen LogP contribution in [0.3, 0.4) is 0 Å². The monoisotopic (exact) mass is 430 g/mol. The molecule has 2 amide bonds. The predicted octanol–water partition coefficient (Wildman–Crippen LogP) is -2.44. The number of nitrogen functional groups attached to an aromatic ring is 1. The number of hydrogen-bond acceptors (Lipinski definition) is 11. The molecule has 0 bridgehead atoms. The van der Waals surface area contributed by atoms with Crippen molar-refractivity contribution in [1.82, 2.24) is 14.6 Å². The number of nitrogens with two attached hydrogens (primary N) is 1. The van der Waals surface area contributed by atoms with Crippen LogP contribution < -0.4 is 11.1 Å². The fourth-order valence-corrected chi connectivity index (χ4v) is 3.44. The van der Waals surface area contributed by atoms with Crippen molar-refractivity contribution in [1.29, 1.82) is 0 Å². The van der Waals surface area contributed by atoms with E-state index in [9.17, 15) is 18.0 Å². The Labute approximate surface area is 179 Å². The second-order valence-corrected chi connectivity index (χ2v) is 6.86. The first kappa shape index (κ1) is 23.3. The third-order valence-electron chi connectivity index (χ3n) is 3.11. The van der Waals surface area contributed by atoms with Gasteiger partial charge in [-0.2, -0.15) is 8.42 Å². The molecule has 1 fully saturated rings. The molecule has 0 aliphatic carbocycles. The fourth-order valence-electron chi connectivity index (χ4n) is 2.07. The minimum atomic E-state index is -4.84. The van der Waals surface area contributed by atoms with Gasteiger partial charge < -0.3 is 20.7 Å². The van der Waals surface area contributed by atoms with Gasteiger partial charge in [0.25, 0.3) is 11.8 Å². The number of nitrogens with one attached hydrogen (secondary N) is 1. The summed E-state index contributed by atoms with van der Waals surface area (Å²) in [6.45, 7) is 0. The topological polar surface area (TPSA) is 186 Å². The van der Waals surface area contributed by atoms with Crippen LogP contribution in [-0.2, 0) is 29.6 Å². The Bertz CT molecular complexity index is 870. The molecule has 0 saturated carbocycles. The predicted molar refractivity (Wildman–Crippen MR) is 96.8 cm³/mol. The van der Waals surface area contributed by atoms with Crippen molar-refractivity contribution in [3.63, 3.8) is 0 Å². The van der Waals surface area contributed by atoms with Crippen molar-refractivity contribution in [2.45, 2.75) is 12.1 Å². The summed E-state index contributed by atoms with van der Waals surface area (Å²) in [6.07, 6.45) is 0.939. The SMILES string of the molecule is CON=C[C@@H]1[C@H](NC(=O)C(=NOC)c2csc(N)n2)C(=O)N1S(=O)(=O)O.[NaH]. The number of thiazole rings is 1. The van der Waals surface area contributed by atoms with Crippen molar-refractivity contribution in [3.05, 3.63) is 11.1 Å². The third-order valence-corrected chi connectivity index (χ3v) is 4.71. The summed E-state index contributed by atoms with van der Waals surface area (Å²) in [4.78, 5) is 37.3. The zero-order valence-electron chi connectivity index (χ0n) is 13.4. The normalized spacial score (nSPS) is 20.0. The summed E-state index contributed by atoms with van der Waals surface area (Å²) in [5, 5.41) is 10.8. The van der Waals surface area contributed by atoms with E-state index in [0.717, 1.165) is 17.6 Å². The summed E-state index contributed by atoms with van der Waals surface area (Å²) in [6, 6.07) is -2.62. The first-order valence-electron chi connectivity index (χ1n) is 6.71. The van der Waals surface area contributed by atoms with E-state index in [0.29, 0.717) is 0 Å². The van der Waals surface area contributed by atoms with E-state index in [1.807, 2.05) is 0 Å². The van der Waals surface area contributed by atoms with E-state index in [1.165, 1.54) is 19.6 Å². The number of β-lactam (4-membered cyclic amide) rings is 1. The molecule has 2 atom stereocenters. The molecule has 0 aromatic carbocycles. The summed E-state index contributed by atoms with van der Waals surface area (Å²) in [7, 11) is -2.45. The van der Waals surface area contributed by atoms with E-state index < -0.39 is 34.2 Å². The van der Waals surface area contributed by atoms with Gasteiger partial charge in [0.15, 0.2) is 10.8 Å². The number of amides is 2. The molecule has 2 rings (SSSR count). The molecule has 1 aliphatic heterocycles. The number of aromatic nitrogens is 1. The molecule has 13 nitrogen and oxygen atoms in total. The van der Waals surface area contributed by atoms with E-state index in [1.54, 1.807) is 0 Å². The van der Waals surface area contributed by atoms with Crippen LogP contribution in [0.15, 0.2) is 15.7 Å². The molecule has 27 heavy (non-hydrogen) atoms. The second-order valence-electron chi connectivity index (χ2n) is 4.68. The van der Waals surface area contributed by atoms with Gasteiger partial charge in [-0.1, -0.05) is 10.3 Å². The van der Waals surface area contributed by atoms with Gasteiger partial charge in [-0.05, 0) is 0 Å². The van der Waals surface area contributed by atoms with Gasteiger partial charge >= 0.3 is 39.9 Å². The quantitative estimate of drug-likeness (QED) is 0.139. The molecule has 1 aromatic heterocycles. The third kappa shape index (κ3) is 5.14. The summed E-state index contributed by atoms with van der Waals surface area (Å²) in [5.74, 6) is -1.94. The Morgan fingerprint density at radius 1 is 1.48 bits per heavy atom. The molecule has 1 aliphatic rings. The van der Waals surface area contributed by atoms with Gasteiger partial charge in [-0.25, -0.2) is 9.29 Å². The van der Waals surface area contributed by atoms with Crippen LogP contribution in [0.5, 0.6) is 0 Å². The van der Waals surface area contributed by atoms with E-state index in [2.05, 4.69) is 30.3 Å². The van der Waals surface area contributed by atoms with Crippen LogP contribution in [0.2, 0.25) is 0 Å². The molecule has 16 heteroatoms. The van der Waals surface area contributed by atoms with Gasteiger partial charge in [-0.15, -0.1) is 11.3 Å². The number of carbonyl (C=O) groups is 2. The van der Waals surface area contributed by atoms with E-state index in [-0.39, 0.29) is 50.4 Å². The molecule has 0 radical (unpaired) electrons. The number of anilines is 1. The molecule has 144 valence electrons. The minimum absolute atomic E-state index is 0. The average molecular weight is 430 g/mol. The molecule has 1 aromatic rings.